The normalized spacial score (nSPS) is 10.3. The summed E-state index contributed by atoms with van der Waals surface area (Å²) in [6, 6.07) is 13.7. The molecular formula is C17H12BrClN4O2. The number of amides is 2. The molecule has 126 valence electrons. The monoisotopic (exact) mass is 418 g/mol. The van der Waals surface area contributed by atoms with E-state index < -0.39 is 11.8 Å². The molecule has 1 aromatic heterocycles. The molecule has 0 spiro atoms. The van der Waals surface area contributed by atoms with Crippen LogP contribution in [0.25, 0.3) is 0 Å². The number of carbonyl (C=O) groups is 2. The summed E-state index contributed by atoms with van der Waals surface area (Å²) in [6.07, 6.45) is 1.30. The van der Waals surface area contributed by atoms with E-state index in [2.05, 4.69) is 36.5 Å². The van der Waals surface area contributed by atoms with Gasteiger partial charge >= 0.3 is 0 Å². The van der Waals surface area contributed by atoms with Crippen LogP contribution in [0.5, 0.6) is 0 Å². The molecule has 0 aliphatic carbocycles. The number of rotatable bonds is 4. The molecule has 6 nitrogen and oxygen atoms in total. The zero-order valence-electron chi connectivity index (χ0n) is 12.7. The number of benzene rings is 2. The number of hydrogen-bond donors (Lipinski definition) is 3. The Labute approximate surface area is 156 Å². The second-order valence-corrected chi connectivity index (χ2v) is 6.40. The van der Waals surface area contributed by atoms with E-state index in [0.717, 1.165) is 4.47 Å². The van der Waals surface area contributed by atoms with E-state index in [9.17, 15) is 9.59 Å². The first-order chi connectivity index (χ1) is 12.0. The average molecular weight is 420 g/mol. The number of aromatic nitrogens is 2. The first-order valence-corrected chi connectivity index (χ1v) is 8.37. The third-order valence-electron chi connectivity index (χ3n) is 3.29. The molecule has 1 heterocycles. The second kappa shape index (κ2) is 7.50. The third-order valence-corrected chi connectivity index (χ3v) is 4.07. The van der Waals surface area contributed by atoms with E-state index in [1.165, 1.54) is 6.33 Å². The number of nitrogens with one attached hydrogen (secondary N) is 3. The Morgan fingerprint density at radius 2 is 1.48 bits per heavy atom. The van der Waals surface area contributed by atoms with E-state index in [1.54, 1.807) is 48.5 Å². The van der Waals surface area contributed by atoms with Crippen LogP contribution in [0.4, 0.5) is 11.4 Å². The molecule has 0 aliphatic rings. The van der Waals surface area contributed by atoms with Gasteiger partial charge in [0, 0.05) is 20.9 Å². The molecule has 2 amide bonds. The van der Waals surface area contributed by atoms with Gasteiger partial charge in [-0.3, -0.25) is 9.59 Å². The first kappa shape index (κ1) is 17.2. The summed E-state index contributed by atoms with van der Waals surface area (Å²) in [5.74, 6) is -0.953. The van der Waals surface area contributed by atoms with Crippen LogP contribution in [0.15, 0.2) is 59.3 Å². The van der Waals surface area contributed by atoms with E-state index in [-0.39, 0.29) is 11.4 Å². The SMILES string of the molecule is O=C(Nc1ccc(Br)cc1)c1nc[nH]c1C(=O)Nc1ccc(Cl)cc1. The third kappa shape index (κ3) is 4.26. The zero-order valence-corrected chi connectivity index (χ0v) is 15.1. The number of anilines is 2. The van der Waals surface area contributed by atoms with Crippen LogP contribution in [0.2, 0.25) is 5.02 Å². The van der Waals surface area contributed by atoms with Crippen molar-refractivity contribution in [2.45, 2.75) is 0 Å². The van der Waals surface area contributed by atoms with Crippen molar-refractivity contribution >= 4 is 50.7 Å². The molecule has 0 saturated carbocycles. The number of halogens is 2. The number of hydrogen-bond acceptors (Lipinski definition) is 3. The Kier molecular flexibility index (Phi) is 5.16. The van der Waals surface area contributed by atoms with Crippen LogP contribution >= 0.6 is 27.5 Å². The minimum Gasteiger partial charge on any atom is -0.340 e. The molecule has 3 aromatic rings. The minimum atomic E-state index is -0.482. The minimum absolute atomic E-state index is 0.00869. The van der Waals surface area contributed by atoms with Crippen LogP contribution in [-0.4, -0.2) is 21.8 Å². The molecule has 8 heteroatoms. The van der Waals surface area contributed by atoms with Gasteiger partial charge in [0.05, 0.1) is 6.33 Å². The second-order valence-electron chi connectivity index (χ2n) is 5.05. The molecule has 0 aliphatic heterocycles. The lowest BCUT2D eigenvalue weighted by atomic mass is 10.2. The molecule has 0 saturated heterocycles. The summed E-state index contributed by atoms with van der Waals surface area (Å²) in [4.78, 5) is 31.4. The van der Waals surface area contributed by atoms with Crippen LogP contribution in [0.1, 0.15) is 21.0 Å². The Morgan fingerprint density at radius 1 is 0.920 bits per heavy atom. The highest BCUT2D eigenvalue weighted by molar-refractivity contribution is 9.10. The largest absolute Gasteiger partial charge is 0.340 e. The van der Waals surface area contributed by atoms with Gasteiger partial charge in [-0.05, 0) is 48.5 Å². The van der Waals surface area contributed by atoms with Crippen molar-refractivity contribution in [2.24, 2.45) is 0 Å². The highest BCUT2D eigenvalue weighted by atomic mass is 79.9. The summed E-state index contributed by atoms with van der Waals surface area (Å²) < 4.78 is 0.897. The van der Waals surface area contributed by atoms with Crippen LogP contribution in [-0.2, 0) is 0 Å². The molecule has 2 aromatic carbocycles. The average Bonchev–Trinajstić information content (AvgIpc) is 3.09. The van der Waals surface area contributed by atoms with Gasteiger partial charge in [-0.15, -0.1) is 0 Å². The standard InChI is InChI=1S/C17H12BrClN4O2/c18-10-1-5-12(6-2-10)22-16(24)14-15(21-9-20-14)17(25)23-13-7-3-11(19)4-8-13/h1-9H,(H,20,21)(H,22,24)(H,23,25). The fourth-order valence-corrected chi connectivity index (χ4v) is 2.48. The first-order valence-electron chi connectivity index (χ1n) is 7.20. The Balaban J connectivity index is 1.74. The highest BCUT2D eigenvalue weighted by Gasteiger charge is 2.20. The summed E-state index contributed by atoms with van der Waals surface area (Å²) in [6.45, 7) is 0. The Bertz CT molecular complexity index is 833. The van der Waals surface area contributed by atoms with Crippen molar-refractivity contribution in [3.8, 4) is 0 Å². The fourth-order valence-electron chi connectivity index (χ4n) is 2.09. The van der Waals surface area contributed by atoms with Crippen molar-refractivity contribution in [1.82, 2.24) is 9.97 Å². The summed E-state index contributed by atoms with van der Waals surface area (Å²) >= 11 is 9.14. The van der Waals surface area contributed by atoms with Gasteiger partial charge in [-0.25, -0.2) is 4.98 Å². The molecule has 0 unspecified atom stereocenters. The van der Waals surface area contributed by atoms with Crippen LogP contribution < -0.4 is 10.6 Å². The summed E-state index contributed by atoms with van der Waals surface area (Å²) in [5.41, 5.74) is 1.24. The molecule has 3 N–H and O–H groups in total. The summed E-state index contributed by atoms with van der Waals surface area (Å²) in [7, 11) is 0. The van der Waals surface area contributed by atoms with E-state index in [4.69, 9.17) is 11.6 Å². The maximum atomic E-state index is 12.4. The van der Waals surface area contributed by atoms with E-state index >= 15 is 0 Å². The number of aromatic amines is 1. The van der Waals surface area contributed by atoms with Crippen molar-refractivity contribution in [3.05, 3.63) is 75.7 Å². The predicted octanol–water partition coefficient (Wildman–Crippen LogP) is 4.33. The zero-order chi connectivity index (χ0) is 17.8. The van der Waals surface area contributed by atoms with Crippen molar-refractivity contribution in [2.75, 3.05) is 10.6 Å². The van der Waals surface area contributed by atoms with Gasteiger partial charge in [0.1, 0.15) is 5.69 Å². The fraction of sp³-hybridized carbons (Fsp3) is 0. The number of imidazole rings is 1. The lowest BCUT2D eigenvalue weighted by Crippen LogP contribution is -2.20. The van der Waals surface area contributed by atoms with Crippen LogP contribution in [0.3, 0.4) is 0 Å². The van der Waals surface area contributed by atoms with Gasteiger partial charge in [-0.1, -0.05) is 27.5 Å². The Morgan fingerprint density at radius 3 is 2.12 bits per heavy atom. The molecule has 0 radical (unpaired) electrons. The van der Waals surface area contributed by atoms with Crippen molar-refractivity contribution < 1.29 is 9.59 Å². The van der Waals surface area contributed by atoms with E-state index in [1.807, 2.05) is 0 Å². The predicted molar refractivity (Wildman–Crippen MR) is 100 cm³/mol. The van der Waals surface area contributed by atoms with Gasteiger partial charge in [0.2, 0.25) is 0 Å². The van der Waals surface area contributed by atoms with Gasteiger partial charge in [0.15, 0.2) is 5.69 Å². The molecule has 0 fully saturated rings. The molecule has 0 bridgehead atoms. The molecule has 25 heavy (non-hydrogen) atoms. The highest BCUT2D eigenvalue weighted by Crippen LogP contribution is 2.17. The number of carbonyl (C=O) groups excluding carboxylic acids is 2. The molecular weight excluding hydrogens is 408 g/mol. The van der Waals surface area contributed by atoms with Gasteiger partial charge < -0.3 is 15.6 Å². The number of nitrogens with zero attached hydrogens (tertiary/aromatic N) is 1. The van der Waals surface area contributed by atoms with Gasteiger partial charge in [0.25, 0.3) is 11.8 Å². The smallest absolute Gasteiger partial charge is 0.276 e. The van der Waals surface area contributed by atoms with Crippen LogP contribution in [0, 0.1) is 0 Å². The van der Waals surface area contributed by atoms with Crippen molar-refractivity contribution in [3.63, 3.8) is 0 Å². The maximum absolute atomic E-state index is 12.4. The lowest BCUT2D eigenvalue weighted by Gasteiger charge is -2.07. The Hall–Kier alpha value is -2.64. The topological polar surface area (TPSA) is 86.9 Å². The maximum Gasteiger partial charge on any atom is 0.276 e. The van der Waals surface area contributed by atoms with E-state index in [0.29, 0.717) is 16.4 Å². The van der Waals surface area contributed by atoms with Crippen molar-refractivity contribution in [1.29, 1.82) is 0 Å². The molecule has 3 rings (SSSR count). The quantitative estimate of drug-likeness (QED) is 0.588. The molecule has 0 atom stereocenters. The number of H-pyrrole nitrogens is 1. The lowest BCUT2D eigenvalue weighted by molar-refractivity contribution is 0.0985. The summed E-state index contributed by atoms with van der Waals surface area (Å²) in [5, 5.41) is 5.95. The van der Waals surface area contributed by atoms with Gasteiger partial charge in [-0.2, -0.15) is 0 Å².